The summed E-state index contributed by atoms with van der Waals surface area (Å²) in [6.07, 6.45) is 0.607. The fourth-order valence-electron chi connectivity index (χ4n) is 2.01. The van der Waals surface area contributed by atoms with Crippen molar-refractivity contribution in [2.24, 2.45) is 5.92 Å². The van der Waals surface area contributed by atoms with E-state index in [4.69, 9.17) is 5.11 Å². The minimum Gasteiger partial charge on any atom is -0.481 e. The highest BCUT2D eigenvalue weighted by Gasteiger charge is 2.29. The summed E-state index contributed by atoms with van der Waals surface area (Å²) in [5.74, 6) is -0.734. The SMILES string of the molecule is CN(C)C(=O)c1ccc(N2CCC(C(=O)O)C2)nn1. The molecule has 1 amide bonds. The van der Waals surface area contributed by atoms with Crippen LogP contribution in [-0.4, -0.2) is 59.3 Å². The predicted octanol–water partition coefficient (Wildman–Crippen LogP) is 0.0893. The fraction of sp³-hybridized carbons (Fsp3) is 0.500. The Hall–Kier alpha value is -2.18. The van der Waals surface area contributed by atoms with E-state index in [0.29, 0.717) is 25.3 Å². The highest BCUT2D eigenvalue weighted by molar-refractivity contribution is 5.91. The van der Waals surface area contributed by atoms with Crippen molar-refractivity contribution < 1.29 is 14.7 Å². The second-order valence-electron chi connectivity index (χ2n) is 4.75. The lowest BCUT2D eigenvalue weighted by molar-refractivity contribution is -0.140. The number of amides is 1. The number of rotatable bonds is 3. The summed E-state index contributed by atoms with van der Waals surface area (Å²) in [5.41, 5.74) is 0.280. The van der Waals surface area contributed by atoms with Gasteiger partial charge in [0.25, 0.3) is 5.91 Å². The molecule has 2 heterocycles. The van der Waals surface area contributed by atoms with E-state index in [-0.39, 0.29) is 17.5 Å². The third kappa shape index (κ3) is 2.81. The molecule has 1 saturated heterocycles. The van der Waals surface area contributed by atoms with Gasteiger partial charge in [-0.15, -0.1) is 10.2 Å². The molecule has 0 bridgehead atoms. The number of carbonyl (C=O) groups is 2. The van der Waals surface area contributed by atoms with Crippen molar-refractivity contribution >= 4 is 17.7 Å². The van der Waals surface area contributed by atoms with E-state index >= 15 is 0 Å². The highest BCUT2D eigenvalue weighted by Crippen LogP contribution is 2.21. The molecule has 1 unspecified atom stereocenters. The van der Waals surface area contributed by atoms with Crippen LogP contribution < -0.4 is 4.90 Å². The molecule has 0 aliphatic carbocycles. The van der Waals surface area contributed by atoms with Crippen LogP contribution >= 0.6 is 0 Å². The van der Waals surface area contributed by atoms with Crippen LogP contribution in [0.15, 0.2) is 12.1 Å². The van der Waals surface area contributed by atoms with Gasteiger partial charge in [0, 0.05) is 27.2 Å². The van der Waals surface area contributed by atoms with Crippen LogP contribution in [0.1, 0.15) is 16.9 Å². The van der Waals surface area contributed by atoms with Gasteiger partial charge in [-0.05, 0) is 18.6 Å². The molecule has 1 atom stereocenters. The first-order chi connectivity index (χ1) is 8.99. The molecule has 1 N–H and O–H groups in total. The van der Waals surface area contributed by atoms with Gasteiger partial charge in [0.15, 0.2) is 11.5 Å². The molecule has 2 rings (SSSR count). The number of hydrogen-bond donors (Lipinski definition) is 1. The quantitative estimate of drug-likeness (QED) is 0.832. The lowest BCUT2D eigenvalue weighted by Gasteiger charge is -2.16. The van der Waals surface area contributed by atoms with E-state index in [1.165, 1.54) is 4.90 Å². The molecule has 19 heavy (non-hydrogen) atoms. The summed E-state index contributed by atoms with van der Waals surface area (Å²) in [5, 5.41) is 16.8. The van der Waals surface area contributed by atoms with E-state index in [1.807, 2.05) is 4.90 Å². The summed E-state index contributed by atoms with van der Waals surface area (Å²) in [4.78, 5) is 25.8. The van der Waals surface area contributed by atoms with Crippen molar-refractivity contribution in [3.8, 4) is 0 Å². The Bertz CT molecular complexity index is 486. The monoisotopic (exact) mass is 264 g/mol. The minimum absolute atomic E-state index is 0.205. The van der Waals surface area contributed by atoms with Crippen LogP contribution in [0.5, 0.6) is 0 Å². The van der Waals surface area contributed by atoms with E-state index in [1.54, 1.807) is 26.2 Å². The van der Waals surface area contributed by atoms with Gasteiger partial charge in [0.05, 0.1) is 5.92 Å². The van der Waals surface area contributed by atoms with Crippen LogP contribution in [0, 0.1) is 5.92 Å². The van der Waals surface area contributed by atoms with Crippen LogP contribution in [0.2, 0.25) is 0 Å². The number of aromatic nitrogens is 2. The molecule has 7 nitrogen and oxygen atoms in total. The average Bonchev–Trinajstić information content (AvgIpc) is 2.87. The lowest BCUT2D eigenvalue weighted by Crippen LogP contribution is -2.25. The Balaban J connectivity index is 2.07. The maximum absolute atomic E-state index is 11.7. The zero-order valence-electron chi connectivity index (χ0n) is 10.9. The molecule has 1 fully saturated rings. The number of carboxylic acids is 1. The van der Waals surface area contributed by atoms with Crippen molar-refractivity contribution in [2.45, 2.75) is 6.42 Å². The van der Waals surface area contributed by atoms with Gasteiger partial charge in [-0.2, -0.15) is 0 Å². The normalized spacial score (nSPS) is 18.4. The van der Waals surface area contributed by atoms with Gasteiger partial charge >= 0.3 is 5.97 Å². The minimum atomic E-state index is -0.783. The molecule has 0 aromatic carbocycles. The van der Waals surface area contributed by atoms with Crippen LogP contribution in [0.4, 0.5) is 5.82 Å². The van der Waals surface area contributed by atoms with Crippen molar-refractivity contribution in [3.63, 3.8) is 0 Å². The van der Waals surface area contributed by atoms with Gasteiger partial charge in [0.1, 0.15) is 0 Å². The molecule has 0 saturated carbocycles. The van der Waals surface area contributed by atoms with Crippen LogP contribution in [-0.2, 0) is 4.79 Å². The Morgan fingerprint density at radius 2 is 2.11 bits per heavy atom. The summed E-state index contributed by atoms with van der Waals surface area (Å²) in [6.45, 7) is 1.08. The first-order valence-corrected chi connectivity index (χ1v) is 6.02. The maximum Gasteiger partial charge on any atom is 0.308 e. The van der Waals surface area contributed by atoms with E-state index in [9.17, 15) is 9.59 Å². The average molecular weight is 264 g/mol. The number of nitrogens with zero attached hydrogens (tertiary/aromatic N) is 4. The van der Waals surface area contributed by atoms with E-state index in [2.05, 4.69) is 10.2 Å². The van der Waals surface area contributed by atoms with Gasteiger partial charge in [0.2, 0.25) is 0 Å². The summed E-state index contributed by atoms with van der Waals surface area (Å²) in [7, 11) is 3.30. The lowest BCUT2D eigenvalue weighted by atomic mass is 10.1. The predicted molar refractivity (Wildman–Crippen MR) is 68.0 cm³/mol. The smallest absolute Gasteiger partial charge is 0.308 e. The molecular formula is C12H16N4O3. The van der Waals surface area contributed by atoms with Crippen LogP contribution in [0.3, 0.4) is 0 Å². The van der Waals surface area contributed by atoms with Gasteiger partial charge in [-0.1, -0.05) is 0 Å². The standard InChI is InChI=1S/C12H16N4O3/c1-15(2)11(17)9-3-4-10(14-13-9)16-6-5-8(7-16)12(18)19/h3-4,8H,5-7H2,1-2H3,(H,18,19). The van der Waals surface area contributed by atoms with Crippen molar-refractivity contribution in [2.75, 3.05) is 32.1 Å². The first-order valence-electron chi connectivity index (χ1n) is 6.02. The van der Waals surface area contributed by atoms with Gasteiger partial charge in [-0.3, -0.25) is 9.59 Å². The Kier molecular flexibility index (Phi) is 3.64. The number of carboxylic acid groups (broad SMARTS) is 1. The number of aliphatic carboxylic acids is 1. The fourth-order valence-corrected chi connectivity index (χ4v) is 2.01. The van der Waals surface area contributed by atoms with Crippen LogP contribution in [0.25, 0.3) is 0 Å². The molecule has 102 valence electrons. The van der Waals surface area contributed by atoms with Crippen molar-refractivity contribution in [1.29, 1.82) is 0 Å². The zero-order chi connectivity index (χ0) is 14.0. The molecular weight excluding hydrogens is 248 g/mol. The van der Waals surface area contributed by atoms with Crippen molar-refractivity contribution in [3.05, 3.63) is 17.8 Å². The third-order valence-corrected chi connectivity index (χ3v) is 3.14. The highest BCUT2D eigenvalue weighted by atomic mass is 16.4. The topological polar surface area (TPSA) is 86.6 Å². The van der Waals surface area contributed by atoms with Gasteiger partial charge in [-0.25, -0.2) is 0 Å². The number of hydrogen-bond acceptors (Lipinski definition) is 5. The molecule has 1 aromatic heterocycles. The second kappa shape index (κ2) is 5.21. The second-order valence-corrected chi connectivity index (χ2v) is 4.75. The molecule has 1 aliphatic rings. The van der Waals surface area contributed by atoms with Gasteiger partial charge < -0.3 is 14.9 Å². The summed E-state index contributed by atoms with van der Waals surface area (Å²) >= 11 is 0. The largest absolute Gasteiger partial charge is 0.481 e. The molecule has 0 radical (unpaired) electrons. The molecule has 7 heteroatoms. The zero-order valence-corrected chi connectivity index (χ0v) is 10.9. The number of anilines is 1. The number of carbonyl (C=O) groups excluding carboxylic acids is 1. The Morgan fingerprint density at radius 3 is 2.58 bits per heavy atom. The summed E-state index contributed by atoms with van der Waals surface area (Å²) in [6, 6.07) is 3.31. The van der Waals surface area contributed by atoms with Crippen molar-refractivity contribution in [1.82, 2.24) is 15.1 Å². The maximum atomic E-state index is 11.7. The molecule has 0 spiro atoms. The first kappa shape index (κ1) is 13.3. The Labute approximate surface area is 110 Å². The summed E-state index contributed by atoms with van der Waals surface area (Å²) < 4.78 is 0. The molecule has 1 aromatic rings. The Morgan fingerprint density at radius 1 is 1.37 bits per heavy atom. The molecule has 1 aliphatic heterocycles. The van der Waals surface area contributed by atoms with E-state index in [0.717, 1.165) is 0 Å². The van der Waals surface area contributed by atoms with E-state index < -0.39 is 5.97 Å². The third-order valence-electron chi connectivity index (χ3n) is 3.14.